The fraction of sp³-hybridized carbons (Fsp3) is 0.483. The Hall–Kier alpha value is -3.62. The van der Waals surface area contributed by atoms with Gasteiger partial charge in [-0.1, -0.05) is 13.8 Å². The number of rotatable bonds is 8. The first kappa shape index (κ1) is 27.4. The molecule has 1 atom stereocenters. The Balaban J connectivity index is 1.61. The summed E-state index contributed by atoms with van der Waals surface area (Å²) in [5.41, 5.74) is 6.88. The van der Waals surface area contributed by atoms with Gasteiger partial charge in [0.1, 0.15) is 22.9 Å². The van der Waals surface area contributed by atoms with Crippen LogP contribution in [0.1, 0.15) is 87.8 Å². The minimum Gasteiger partial charge on any atom is -0.494 e. The van der Waals surface area contributed by atoms with E-state index in [1.54, 1.807) is 24.3 Å². The van der Waals surface area contributed by atoms with E-state index in [0.717, 1.165) is 12.8 Å². The first-order valence-corrected chi connectivity index (χ1v) is 13.2. The standard InChI is InChI=1S/C29H37FN4O4/c1-6-29(7-2)16-25(35)34(27(31)33-29)17-19-13-18(9-11-23(19)37-8-3)26(36)32-22-15-28(4,5)38-24-12-10-20(30)14-21(22)24/h9-14,22H,6-8,15-17H2,1-5H3,(H2,31,33)(H,32,36). The number of benzene rings is 2. The highest BCUT2D eigenvalue weighted by molar-refractivity contribution is 5.99. The van der Waals surface area contributed by atoms with Crippen LogP contribution in [0.2, 0.25) is 0 Å². The van der Waals surface area contributed by atoms with Crippen molar-refractivity contribution in [2.75, 3.05) is 6.61 Å². The molecule has 0 radical (unpaired) electrons. The maximum absolute atomic E-state index is 14.0. The summed E-state index contributed by atoms with van der Waals surface area (Å²) in [5, 5.41) is 3.04. The molecular formula is C29H37FN4O4. The molecule has 0 aromatic heterocycles. The van der Waals surface area contributed by atoms with Crippen molar-refractivity contribution < 1.29 is 23.5 Å². The lowest BCUT2D eigenvalue weighted by molar-refractivity contribution is -0.130. The molecule has 0 aliphatic carbocycles. The zero-order valence-corrected chi connectivity index (χ0v) is 22.8. The van der Waals surface area contributed by atoms with Crippen LogP contribution in [0.4, 0.5) is 4.39 Å². The molecule has 0 saturated heterocycles. The number of ether oxygens (including phenoxy) is 2. The molecule has 0 fully saturated rings. The smallest absolute Gasteiger partial charge is 0.251 e. The molecule has 38 heavy (non-hydrogen) atoms. The molecule has 2 amide bonds. The number of carbonyl (C=O) groups excluding carboxylic acids is 2. The van der Waals surface area contributed by atoms with Crippen molar-refractivity contribution in [3.05, 3.63) is 58.9 Å². The average molecular weight is 525 g/mol. The monoisotopic (exact) mass is 524 g/mol. The van der Waals surface area contributed by atoms with Gasteiger partial charge < -0.3 is 20.5 Å². The molecule has 9 heteroatoms. The van der Waals surface area contributed by atoms with Gasteiger partial charge in [-0.2, -0.15) is 0 Å². The molecule has 2 heterocycles. The first-order valence-electron chi connectivity index (χ1n) is 13.2. The number of hydrogen-bond donors (Lipinski definition) is 2. The first-order chi connectivity index (χ1) is 18.0. The summed E-state index contributed by atoms with van der Waals surface area (Å²) in [6.07, 6.45) is 2.20. The molecule has 4 rings (SSSR count). The maximum atomic E-state index is 14.0. The summed E-state index contributed by atoms with van der Waals surface area (Å²) in [6, 6.07) is 9.01. The molecule has 2 aromatic carbocycles. The second kappa shape index (κ2) is 10.6. The summed E-state index contributed by atoms with van der Waals surface area (Å²) < 4.78 is 25.8. The van der Waals surface area contributed by atoms with Crippen LogP contribution in [0.3, 0.4) is 0 Å². The maximum Gasteiger partial charge on any atom is 0.251 e. The van der Waals surface area contributed by atoms with Crippen molar-refractivity contribution in [1.82, 2.24) is 10.2 Å². The molecule has 0 saturated carbocycles. The number of hydrogen-bond acceptors (Lipinski definition) is 6. The molecule has 2 aromatic rings. The summed E-state index contributed by atoms with van der Waals surface area (Å²) in [4.78, 5) is 32.6. The highest BCUT2D eigenvalue weighted by atomic mass is 19.1. The summed E-state index contributed by atoms with van der Waals surface area (Å²) >= 11 is 0. The van der Waals surface area contributed by atoms with Crippen LogP contribution >= 0.6 is 0 Å². The Morgan fingerprint density at radius 1 is 1.21 bits per heavy atom. The lowest BCUT2D eigenvalue weighted by Crippen LogP contribution is -2.50. The van der Waals surface area contributed by atoms with Crippen molar-refractivity contribution >= 4 is 17.8 Å². The molecule has 0 bridgehead atoms. The molecule has 0 spiro atoms. The van der Waals surface area contributed by atoms with Gasteiger partial charge in [0.05, 0.1) is 31.2 Å². The van der Waals surface area contributed by atoms with Crippen LogP contribution in [0, 0.1) is 5.82 Å². The van der Waals surface area contributed by atoms with E-state index in [-0.39, 0.29) is 30.7 Å². The van der Waals surface area contributed by atoms with Gasteiger partial charge in [-0.15, -0.1) is 0 Å². The predicted molar refractivity (Wildman–Crippen MR) is 144 cm³/mol. The normalized spacial score (nSPS) is 19.7. The quantitative estimate of drug-likeness (QED) is 0.513. The molecule has 1 unspecified atom stereocenters. The Kier molecular flexibility index (Phi) is 7.67. The Morgan fingerprint density at radius 2 is 1.95 bits per heavy atom. The van der Waals surface area contributed by atoms with Gasteiger partial charge in [0, 0.05) is 23.1 Å². The van der Waals surface area contributed by atoms with E-state index < -0.39 is 23.0 Å². The minimum atomic E-state index is -0.537. The Labute approximate surface area is 223 Å². The van der Waals surface area contributed by atoms with Gasteiger partial charge in [-0.05, 0) is 70.0 Å². The average Bonchev–Trinajstić information content (AvgIpc) is 2.87. The molecule has 204 valence electrons. The second-order valence-corrected chi connectivity index (χ2v) is 10.6. The van der Waals surface area contributed by atoms with E-state index in [1.165, 1.54) is 17.0 Å². The molecule has 8 nitrogen and oxygen atoms in total. The fourth-order valence-electron chi connectivity index (χ4n) is 5.18. The highest BCUT2D eigenvalue weighted by Gasteiger charge is 2.38. The number of nitrogens with one attached hydrogen (secondary N) is 1. The second-order valence-electron chi connectivity index (χ2n) is 10.6. The van der Waals surface area contributed by atoms with Crippen LogP contribution in [-0.4, -0.2) is 40.4 Å². The number of fused-ring (bicyclic) bond motifs is 1. The molecule has 2 aliphatic rings. The van der Waals surface area contributed by atoms with E-state index in [1.807, 2.05) is 34.6 Å². The molecular weight excluding hydrogens is 487 g/mol. The number of aliphatic imine (C=N–C) groups is 1. The van der Waals surface area contributed by atoms with Crippen LogP contribution in [0.5, 0.6) is 11.5 Å². The van der Waals surface area contributed by atoms with Crippen molar-refractivity contribution in [2.45, 2.75) is 84.0 Å². The number of halogens is 1. The van der Waals surface area contributed by atoms with Gasteiger partial charge in [0.25, 0.3) is 5.91 Å². The summed E-state index contributed by atoms with van der Waals surface area (Å²) in [7, 11) is 0. The van der Waals surface area contributed by atoms with Crippen molar-refractivity contribution in [3.63, 3.8) is 0 Å². The number of carbonyl (C=O) groups is 2. The van der Waals surface area contributed by atoms with Gasteiger partial charge in [-0.3, -0.25) is 14.5 Å². The van der Waals surface area contributed by atoms with Crippen LogP contribution in [0.25, 0.3) is 0 Å². The van der Waals surface area contributed by atoms with E-state index in [4.69, 9.17) is 15.2 Å². The number of amides is 2. The summed E-state index contributed by atoms with van der Waals surface area (Å²) in [6.45, 7) is 10.3. The lowest BCUT2D eigenvalue weighted by atomic mass is 9.88. The molecule has 3 N–H and O–H groups in total. The topological polar surface area (TPSA) is 106 Å². The van der Waals surface area contributed by atoms with E-state index >= 15 is 0 Å². The Bertz CT molecular complexity index is 1260. The van der Waals surface area contributed by atoms with Crippen LogP contribution in [-0.2, 0) is 11.3 Å². The van der Waals surface area contributed by atoms with Crippen molar-refractivity contribution in [3.8, 4) is 11.5 Å². The van der Waals surface area contributed by atoms with Gasteiger partial charge >= 0.3 is 0 Å². The van der Waals surface area contributed by atoms with Crippen LogP contribution < -0.4 is 20.5 Å². The summed E-state index contributed by atoms with van der Waals surface area (Å²) in [5.74, 6) is 0.456. The zero-order valence-electron chi connectivity index (χ0n) is 22.8. The van der Waals surface area contributed by atoms with Crippen LogP contribution in [0.15, 0.2) is 41.4 Å². The molecule has 2 aliphatic heterocycles. The third-order valence-corrected chi connectivity index (χ3v) is 7.41. The van der Waals surface area contributed by atoms with Gasteiger partial charge in [-0.25, -0.2) is 9.38 Å². The van der Waals surface area contributed by atoms with Crippen molar-refractivity contribution in [2.24, 2.45) is 10.7 Å². The zero-order chi connectivity index (χ0) is 27.7. The lowest BCUT2D eigenvalue weighted by Gasteiger charge is -2.38. The number of nitrogens with zero attached hydrogens (tertiary/aromatic N) is 2. The number of guanidine groups is 1. The Morgan fingerprint density at radius 3 is 2.61 bits per heavy atom. The fourth-order valence-corrected chi connectivity index (χ4v) is 5.18. The van der Waals surface area contributed by atoms with E-state index in [0.29, 0.717) is 41.2 Å². The van der Waals surface area contributed by atoms with Crippen molar-refractivity contribution in [1.29, 1.82) is 0 Å². The minimum absolute atomic E-state index is 0.110. The van der Waals surface area contributed by atoms with E-state index in [2.05, 4.69) is 10.3 Å². The third kappa shape index (κ3) is 5.61. The SMILES string of the molecule is CCOc1ccc(C(=O)NC2CC(C)(C)Oc3ccc(F)cc32)cc1CN1C(=O)CC(CC)(CC)N=C1N. The number of nitrogens with two attached hydrogens (primary N) is 1. The van der Waals surface area contributed by atoms with Gasteiger partial charge in [0.15, 0.2) is 5.96 Å². The van der Waals surface area contributed by atoms with E-state index in [9.17, 15) is 14.0 Å². The third-order valence-electron chi connectivity index (χ3n) is 7.41. The predicted octanol–water partition coefficient (Wildman–Crippen LogP) is 4.86. The highest BCUT2D eigenvalue weighted by Crippen LogP contribution is 2.40. The van der Waals surface area contributed by atoms with Gasteiger partial charge in [0.2, 0.25) is 5.91 Å². The largest absolute Gasteiger partial charge is 0.494 e.